The highest BCUT2D eigenvalue weighted by molar-refractivity contribution is 6.16. The van der Waals surface area contributed by atoms with Crippen molar-refractivity contribution in [2.45, 2.75) is 24.7 Å². The van der Waals surface area contributed by atoms with E-state index >= 15 is 0 Å². The van der Waals surface area contributed by atoms with E-state index in [9.17, 15) is 0 Å². The number of furan rings is 1. The third-order valence-electron chi connectivity index (χ3n) is 13.9. The summed E-state index contributed by atoms with van der Waals surface area (Å²) in [7, 11) is 0. The molecular formula is C58H39NO. The molecular weight excluding hydrogens is 727 g/mol. The zero-order valence-corrected chi connectivity index (χ0v) is 33.4. The molecule has 0 N–H and O–H groups in total. The lowest BCUT2D eigenvalue weighted by atomic mass is 9.70. The summed E-state index contributed by atoms with van der Waals surface area (Å²) in [5.41, 5.74) is 22.4. The van der Waals surface area contributed by atoms with Gasteiger partial charge in [0.25, 0.3) is 0 Å². The van der Waals surface area contributed by atoms with Crippen molar-refractivity contribution < 1.29 is 4.42 Å². The van der Waals surface area contributed by atoms with Gasteiger partial charge in [0.05, 0.1) is 11.1 Å². The summed E-state index contributed by atoms with van der Waals surface area (Å²) in [4.78, 5) is 2.40. The molecule has 9 aromatic carbocycles. The zero-order chi connectivity index (χ0) is 39.7. The fourth-order valence-electron chi connectivity index (χ4n) is 11.3. The largest absolute Gasteiger partial charge is 0.453 e. The maximum absolute atomic E-state index is 7.42. The molecule has 0 aliphatic heterocycles. The van der Waals surface area contributed by atoms with Gasteiger partial charge in [-0.2, -0.15) is 0 Å². The van der Waals surface area contributed by atoms with E-state index in [1.165, 1.54) is 77.9 Å². The van der Waals surface area contributed by atoms with Gasteiger partial charge in [0, 0.05) is 33.1 Å². The molecule has 1 spiro atoms. The molecule has 1 heterocycles. The van der Waals surface area contributed by atoms with Crippen LogP contribution in [0.3, 0.4) is 0 Å². The Hall–Kier alpha value is -7.42. The van der Waals surface area contributed by atoms with Crippen LogP contribution in [0.5, 0.6) is 0 Å². The second-order valence-corrected chi connectivity index (χ2v) is 17.2. The zero-order valence-electron chi connectivity index (χ0n) is 33.4. The van der Waals surface area contributed by atoms with E-state index in [4.69, 9.17) is 4.42 Å². The molecule has 60 heavy (non-hydrogen) atoms. The predicted molar refractivity (Wildman–Crippen MR) is 248 cm³/mol. The molecule has 0 saturated carbocycles. The average Bonchev–Trinajstić information content (AvgIpc) is 4.00. The van der Waals surface area contributed by atoms with Gasteiger partial charge in [-0.3, -0.25) is 0 Å². The van der Waals surface area contributed by atoms with Gasteiger partial charge in [0.2, 0.25) is 0 Å². The fraction of sp³-hybridized carbons (Fsp3) is 0.0690. The third kappa shape index (κ3) is 4.27. The van der Waals surface area contributed by atoms with Gasteiger partial charge in [0.1, 0.15) is 5.58 Å². The molecule has 0 atom stereocenters. The van der Waals surface area contributed by atoms with Crippen LogP contribution in [0.1, 0.15) is 47.2 Å². The highest BCUT2D eigenvalue weighted by Crippen LogP contribution is 2.64. The molecule has 0 unspecified atom stereocenters. The number of rotatable bonds is 4. The standard InChI is InChI=1S/C58H39NO/c1-57(2)47-22-10-6-17-40(47)43-32-31-39(35-52(43)57)59(38-29-27-37(28-30-38)36-15-4-3-5-16-36)53-26-14-21-44-45-33-34-51-54(56(45)60-55(44)53)46-20-9-13-25-50(46)58(51)48-23-11-7-18-41(48)42-19-8-12-24-49(42)58/h3-35H,1-2H3. The van der Waals surface area contributed by atoms with Crippen LogP contribution < -0.4 is 4.90 Å². The molecule has 0 fully saturated rings. The van der Waals surface area contributed by atoms with Crippen LogP contribution in [-0.4, -0.2) is 0 Å². The molecule has 13 rings (SSSR count). The topological polar surface area (TPSA) is 16.4 Å². The second-order valence-electron chi connectivity index (χ2n) is 17.2. The summed E-state index contributed by atoms with van der Waals surface area (Å²) in [6.07, 6.45) is 0. The Morgan fingerprint density at radius 1 is 0.367 bits per heavy atom. The van der Waals surface area contributed by atoms with Crippen molar-refractivity contribution in [2.75, 3.05) is 4.90 Å². The molecule has 0 saturated heterocycles. The molecule has 0 amide bonds. The Labute approximate surface area is 349 Å². The van der Waals surface area contributed by atoms with Crippen molar-refractivity contribution in [2.24, 2.45) is 0 Å². The normalized spacial score (nSPS) is 14.4. The number of anilines is 3. The van der Waals surface area contributed by atoms with E-state index in [1.807, 2.05) is 0 Å². The lowest BCUT2D eigenvalue weighted by Gasteiger charge is -2.30. The highest BCUT2D eigenvalue weighted by Gasteiger charge is 2.52. The van der Waals surface area contributed by atoms with Crippen LogP contribution in [0.4, 0.5) is 17.1 Å². The Bertz CT molecular complexity index is 3360. The molecule has 1 aromatic heterocycles. The number of benzene rings is 9. The predicted octanol–water partition coefficient (Wildman–Crippen LogP) is 15.4. The van der Waals surface area contributed by atoms with Gasteiger partial charge in [-0.25, -0.2) is 0 Å². The lowest BCUT2D eigenvalue weighted by molar-refractivity contribution is 0.660. The lowest BCUT2D eigenvalue weighted by Crippen LogP contribution is -2.25. The SMILES string of the molecule is CC1(C)c2ccccc2-c2ccc(N(c3ccc(-c4ccccc4)cc3)c3cccc4c3oc3c5c(ccc34)C3(c4ccccc4-c4ccccc43)c3ccccc3-5)cc21. The molecule has 0 radical (unpaired) electrons. The summed E-state index contributed by atoms with van der Waals surface area (Å²) in [5.74, 6) is 0. The first-order valence-electron chi connectivity index (χ1n) is 21.0. The van der Waals surface area contributed by atoms with Gasteiger partial charge < -0.3 is 9.32 Å². The monoisotopic (exact) mass is 765 g/mol. The van der Waals surface area contributed by atoms with Crippen LogP contribution >= 0.6 is 0 Å². The van der Waals surface area contributed by atoms with E-state index in [0.29, 0.717) is 0 Å². The van der Waals surface area contributed by atoms with Crippen molar-refractivity contribution in [3.63, 3.8) is 0 Å². The van der Waals surface area contributed by atoms with Gasteiger partial charge in [-0.05, 0) is 103 Å². The van der Waals surface area contributed by atoms with Gasteiger partial charge in [-0.1, -0.05) is 184 Å². The summed E-state index contributed by atoms with van der Waals surface area (Å²) in [5, 5.41) is 2.23. The average molecular weight is 766 g/mol. The van der Waals surface area contributed by atoms with Crippen LogP contribution in [0.15, 0.2) is 205 Å². The Balaban J connectivity index is 1.06. The molecule has 3 aliphatic rings. The molecule has 0 bridgehead atoms. The minimum absolute atomic E-state index is 0.141. The van der Waals surface area contributed by atoms with Crippen LogP contribution in [-0.2, 0) is 10.8 Å². The quantitative estimate of drug-likeness (QED) is 0.177. The minimum Gasteiger partial charge on any atom is -0.453 e. The summed E-state index contributed by atoms with van der Waals surface area (Å²) < 4.78 is 7.42. The van der Waals surface area contributed by atoms with Crippen molar-refractivity contribution in [1.82, 2.24) is 0 Å². The van der Waals surface area contributed by atoms with Crippen LogP contribution in [0.2, 0.25) is 0 Å². The minimum atomic E-state index is -0.434. The summed E-state index contributed by atoms with van der Waals surface area (Å²) in [6.45, 7) is 4.71. The van der Waals surface area contributed by atoms with E-state index in [1.54, 1.807) is 0 Å². The second kappa shape index (κ2) is 12.1. The maximum atomic E-state index is 7.42. The molecule has 282 valence electrons. The third-order valence-corrected chi connectivity index (χ3v) is 13.9. The first-order valence-corrected chi connectivity index (χ1v) is 21.0. The van der Waals surface area contributed by atoms with E-state index in [-0.39, 0.29) is 5.41 Å². The molecule has 2 heteroatoms. The summed E-state index contributed by atoms with van der Waals surface area (Å²) >= 11 is 0. The number of fused-ring (bicyclic) bond motifs is 17. The molecule has 2 nitrogen and oxygen atoms in total. The van der Waals surface area contributed by atoms with Gasteiger partial charge in [-0.15, -0.1) is 0 Å². The van der Waals surface area contributed by atoms with Gasteiger partial charge >= 0.3 is 0 Å². The van der Waals surface area contributed by atoms with Crippen molar-refractivity contribution in [1.29, 1.82) is 0 Å². The Morgan fingerprint density at radius 2 is 0.900 bits per heavy atom. The van der Waals surface area contributed by atoms with E-state index in [0.717, 1.165) is 39.0 Å². The van der Waals surface area contributed by atoms with Crippen molar-refractivity contribution in [3.8, 4) is 44.5 Å². The Kier molecular flexibility index (Phi) is 6.74. The number of hydrogen-bond acceptors (Lipinski definition) is 2. The number of hydrogen-bond donors (Lipinski definition) is 0. The fourth-order valence-corrected chi connectivity index (χ4v) is 11.3. The van der Waals surface area contributed by atoms with E-state index in [2.05, 4.69) is 219 Å². The first-order chi connectivity index (χ1) is 29.5. The van der Waals surface area contributed by atoms with Crippen molar-refractivity contribution in [3.05, 3.63) is 234 Å². The number of para-hydroxylation sites is 1. The first kappa shape index (κ1) is 33.5. The smallest absolute Gasteiger partial charge is 0.159 e. The van der Waals surface area contributed by atoms with E-state index < -0.39 is 5.41 Å². The molecule has 3 aliphatic carbocycles. The maximum Gasteiger partial charge on any atom is 0.159 e. The van der Waals surface area contributed by atoms with Crippen LogP contribution in [0, 0.1) is 0 Å². The van der Waals surface area contributed by atoms with Gasteiger partial charge in [0.15, 0.2) is 5.58 Å². The Morgan fingerprint density at radius 3 is 1.60 bits per heavy atom. The van der Waals surface area contributed by atoms with Crippen molar-refractivity contribution >= 4 is 39.0 Å². The highest BCUT2D eigenvalue weighted by atomic mass is 16.3. The van der Waals surface area contributed by atoms with Crippen LogP contribution in [0.25, 0.3) is 66.4 Å². The summed E-state index contributed by atoms with van der Waals surface area (Å²) in [6, 6.07) is 73.8. The molecule has 10 aromatic rings. The number of nitrogens with zero attached hydrogens (tertiary/aromatic N) is 1.